The molecule has 0 aliphatic heterocycles. The molecule has 1 N–H and O–H groups in total. The van der Waals surface area contributed by atoms with Crippen LogP contribution >= 0.6 is 0 Å². The summed E-state index contributed by atoms with van der Waals surface area (Å²) in [6.07, 6.45) is 16.7. The largest absolute Gasteiger partial charge is 0.478 e. The molecule has 0 heterocycles. The SMILES string of the molecule is CCCCCCCC[C@H]1CC[C@H](CCc2ccc(-c3ccc(C(=O)O)c(F)c3-c3cc(F)c(F)c(F)c3)cc2)CC1. The molecule has 0 atom stereocenters. The summed E-state index contributed by atoms with van der Waals surface area (Å²) < 4.78 is 57.0. The number of carboxylic acids is 1. The highest BCUT2D eigenvalue weighted by Crippen LogP contribution is 2.38. The maximum Gasteiger partial charge on any atom is 0.338 e. The average Bonchev–Trinajstić information content (AvgIpc) is 2.97. The first-order chi connectivity index (χ1) is 19.8. The molecule has 1 fully saturated rings. The standard InChI is InChI=1S/C35H40F4O2/c1-2-3-4-5-6-7-8-23-9-11-24(12-10-23)13-14-25-15-17-26(18-16-25)28-19-20-29(35(40)41)33(38)32(28)27-21-30(36)34(39)31(37)22-27/h15-24H,2-14H2,1H3,(H,40,41)/t23-,24-. The molecule has 3 aromatic carbocycles. The molecule has 0 amide bonds. The maximum absolute atomic E-state index is 15.4. The van der Waals surface area contributed by atoms with Crippen molar-refractivity contribution in [3.8, 4) is 22.3 Å². The van der Waals surface area contributed by atoms with Gasteiger partial charge in [-0.25, -0.2) is 22.4 Å². The van der Waals surface area contributed by atoms with Crippen molar-refractivity contribution < 1.29 is 27.5 Å². The molecule has 3 aromatic rings. The molecular weight excluding hydrogens is 528 g/mol. The summed E-state index contributed by atoms with van der Waals surface area (Å²) in [5.74, 6) is -5.65. The molecule has 0 aromatic heterocycles. The molecule has 0 radical (unpaired) electrons. The van der Waals surface area contributed by atoms with Crippen molar-refractivity contribution in [3.63, 3.8) is 0 Å². The molecule has 0 saturated heterocycles. The zero-order valence-corrected chi connectivity index (χ0v) is 23.8. The van der Waals surface area contributed by atoms with Gasteiger partial charge in [-0.15, -0.1) is 0 Å². The Kier molecular flexibility index (Phi) is 11.0. The third-order valence-corrected chi connectivity index (χ3v) is 8.68. The molecule has 6 heteroatoms. The molecule has 220 valence electrons. The summed E-state index contributed by atoms with van der Waals surface area (Å²) in [4.78, 5) is 11.5. The van der Waals surface area contributed by atoms with E-state index < -0.39 is 34.8 Å². The van der Waals surface area contributed by atoms with E-state index in [2.05, 4.69) is 6.92 Å². The van der Waals surface area contributed by atoms with Crippen LogP contribution in [0.2, 0.25) is 0 Å². The lowest BCUT2D eigenvalue weighted by molar-refractivity contribution is 0.0692. The number of hydrogen-bond donors (Lipinski definition) is 1. The van der Waals surface area contributed by atoms with Crippen LogP contribution in [0.4, 0.5) is 17.6 Å². The van der Waals surface area contributed by atoms with E-state index in [4.69, 9.17) is 0 Å². The van der Waals surface area contributed by atoms with Gasteiger partial charge in [0.2, 0.25) is 0 Å². The zero-order chi connectivity index (χ0) is 29.4. The minimum absolute atomic E-state index is 0.270. The van der Waals surface area contributed by atoms with E-state index in [0.29, 0.717) is 17.7 Å². The number of unbranched alkanes of at least 4 members (excludes halogenated alkanes) is 5. The van der Waals surface area contributed by atoms with Gasteiger partial charge in [-0.05, 0) is 65.1 Å². The summed E-state index contributed by atoms with van der Waals surface area (Å²) in [5, 5.41) is 9.40. The van der Waals surface area contributed by atoms with Gasteiger partial charge in [0.15, 0.2) is 17.5 Å². The van der Waals surface area contributed by atoms with Crippen LogP contribution in [-0.2, 0) is 6.42 Å². The molecule has 1 aliphatic carbocycles. The summed E-state index contributed by atoms with van der Waals surface area (Å²) >= 11 is 0. The van der Waals surface area contributed by atoms with Crippen molar-refractivity contribution in [1.82, 2.24) is 0 Å². The first-order valence-corrected chi connectivity index (χ1v) is 15.1. The van der Waals surface area contributed by atoms with Gasteiger partial charge >= 0.3 is 5.97 Å². The van der Waals surface area contributed by atoms with Gasteiger partial charge in [0.1, 0.15) is 5.82 Å². The van der Waals surface area contributed by atoms with Gasteiger partial charge in [-0.2, -0.15) is 0 Å². The molecule has 0 bridgehead atoms. The van der Waals surface area contributed by atoms with Crippen LogP contribution in [-0.4, -0.2) is 11.1 Å². The van der Waals surface area contributed by atoms with Gasteiger partial charge < -0.3 is 5.11 Å². The van der Waals surface area contributed by atoms with Crippen LogP contribution in [0.15, 0.2) is 48.5 Å². The van der Waals surface area contributed by atoms with Crippen molar-refractivity contribution in [3.05, 3.63) is 82.9 Å². The van der Waals surface area contributed by atoms with Gasteiger partial charge in [-0.1, -0.05) is 108 Å². The lowest BCUT2D eigenvalue weighted by Crippen LogP contribution is -2.15. The fraction of sp³-hybridized carbons (Fsp3) is 0.457. The Balaban J connectivity index is 1.39. The highest BCUT2D eigenvalue weighted by molar-refractivity contribution is 5.94. The number of hydrogen-bond acceptors (Lipinski definition) is 1. The third kappa shape index (κ3) is 7.99. The lowest BCUT2D eigenvalue weighted by Gasteiger charge is -2.28. The number of benzene rings is 3. The van der Waals surface area contributed by atoms with Crippen LogP contribution in [0, 0.1) is 35.1 Å². The van der Waals surface area contributed by atoms with Gasteiger partial charge in [0.05, 0.1) is 5.56 Å². The Morgan fingerprint density at radius 2 is 1.32 bits per heavy atom. The van der Waals surface area contributed by atoms with Crippen LogP contribution in [0.1, 0.15) is 99.9 Å². The van der Waals surface area contributed by atoms with Crippen molar-refractivity contribution in [2.24, 2.45) is 11.8 Å². The van der Waals surface area contributed by atoms with E-state index in [1.54, 1.807) is 0 Å². The second-order valence-electron chi connectivity index (χ2n) is 11.6. The monoisotopic (exact) mass is 568 g/mol. The molecule has 1 saturated carbocycles. The number of rotatable bonds is 13. The number of halogens is 4. The Hall–Kier alpha value is -3.15. The van der Waals surface area contributed by atoms with Crippen molar-refractivity contribution in [2.45, 2.75) is 90.4 Å². The second kappa shape index (κ2) is 14.7. The second-order valence-corrected chi connectivity index (χ2v) is 11.6. The van der Waals surface area contributed by atoms with Crippen molar-refractivity contribution in [2.75, 3.05) is 0 Å². The normalized spacial score (nSPS) is 17.1. The first-order valence-electron chi connectivity index (χ1n) is 15.1. The molecule has 0 spiro atoms. The van der Waals surface area contributed by atoms with Crippen LogP contribution in [0.3, 0.4) is 0 Å². The Bertz CT molecular complexity index is 1290. The van der Waals surface area contributed by atoms with E-state index in [1.165, 1.54) is 76.7 Å². The van der Waals surface area contributed by atoms with Crippen LogP contribution in [0.5, 0.6) is 0 Å². The smallest absolute Gasteiger partial charge is 0.338 e. The molecule has 41 heavy (non-hydrogen) atoms. The zero-order valence-electron chi connectivity index (χ0n) is 23.8. The number of aryl methyl sites for hydroxylation is 1. The minimum atomic E-state index is -1.67. The topological polar surface area (TPSA) is 37.3 Å². The quantitative estimate of drug-likeness (QED) is 0.126. The number of carboxylic acid groups (broad SMARTS) is 1. The highest BCUT2D eigenvalue weighted by Gasteiger charge is 2.23. The average molecular weight is 569 g/mol. The molecule has 2 nitrogen and oxygen atoms in total. The Labute approximate surface area is 240 Å². The Morgan fingerprint density at radius 3 is 1.93 bits per heavy atom. The summed E-state index contributed by atoms with van der Waals surface area (Å²) in [6, 6.07) is 11.4. The molecule has 0 unspecified atom stereocenters. The maximum atomic E-state index is 15.4. The van der Waals surface area contributed by atoms with Crippen LogP contribution in [0.25, 0.3) is 22.3 Å². The molecule has 1 aliphatic rings. The van der Waals surface area contributed by atoms with E-state index >= 15 is 4.39 Å². The van der Waals surface area contributed by atoms with E-state index in [9.17, 15) is 23.1 Å². The van der Waals surface area contributed by atoms with Crippen molar-refractivity contribution in [1.29, 1.82) is 0 Å². The number of carbonyl (C=O) groups is 1. The number of aromatic carboxylic acids is 1. The molecular formula is C35H40F4O2. The molecule has 4 rings (SSSR count). The lowest BCUT2D eigenvalue weighted by atomic mass is 9.77. The van der Waals surface area contributed by atoms with Crippen molar-refractivity contribution >= 4 is 5.97 Å². The predicted molar refractivity (Wildman–Crippen MR) is 156 cm³/mol. The third-order valence-electron chi connectivity index (χ3n) is 8.68. The van der Waals surface area contributed by atoms with Gasteiger partial charge in [-0.3, -0.25) is 0 Å². The van der Waals surface area contributed by atoms with E-state index in [0.717, 1.165) is 36.3 Å². The summed E-state index contributed by atoms with van der Waals surface area (Å²) in [5.41, 5.74) is 0.799. The van der Waals surface area contributed by atoms with Gasteiger partial charge in [0, 0.05) is 5.56 Å². The van der Waals surface area contributed by atoms with Crippen LogP contribution < -0.4 is 0 Å². The summed E-state index contributed by atoms with van der Waals surface area (Å²) in [7, 11) is 0. The predicted octanol–water partition coefficient (Wildman–Crippen LogP) is 10.8. The Morgan fingerprint density at radius 1 is 0.732 bits per heavy atom. The van der Waals surface area contributed by atoms with Gasteiger partial charge in [0.25, 0.3) is 0 Å². The van der Waals surface area contributed by atoms with E-state index in [-0.39, 0.29) is 16.7 Å². The summed E-state index contributed by atoms with van der Waals surface area (Å²) in [6.45, 7) is 2.25. The van der Waals surface area contributed by atoms with E-state index in [1.807, 2.05) is 24.3 Å². The highest BCUT2D eigenvalue weighted by atomic mass is 19.2. The minimum Gasteiger partial charge on any atom is -0.478 e. The fourth-order valence-corrected chi connectivity index (χ4v) is 6.21. The fourth-order valence-electron chi connectivity index (χ4n) is 6.21. The first kappa shape index (κ1) is 30.8.